The Bertz CT molecular complexity index is 388. The van der Waals surface area contributed by atoms with Crippen molar-refractivity contribution in [3.63, 3.8) is 0 Å². The Labute approximate surface area is 94.9 Å². The van der Waals surface area contributed by atoms with Gasteiger partial charge in [0.25, 0.3) is 0 Å². The summed E-state index contributed by atoms with van der Waals surface area (Å²) >= 11 is 0. The molecule has 0 saturated heterocycles. The summed E-state index contributed by atoms with van der Waals surface area (Å²) < 4.78 is 10.6. The van der Waals surface area contributed by atoms with Crippen LogP contribution in [-0.2, 0) is 4.79 Å². The molecule has 0 unspecified atom stereocenters. The van der Waals surface area contributed by atoms with Crippen LogP contribution < -0.4 is 14.8 Å². The number of amides is 1. The summed E-state index contributed by atoms with van der Waals surface area (Å²) in [5.41, 5.74) is 0.536. The SMILES string of the molecule is C=CCOc1c(NC(C)=O)c[c]cc1OC. The lowest BCUT2D eigenvalue weighted by atomic mass is 10.2. The number of carbonyl (C=O) groups is 1. The van der Waals surface area contributed by atoms with Crippen molar-refractivity contribution < 1.29 is 14.3 Å². The van der Waals surface area contributed by atoms with Crippen LogP contribution in [0, 0.1) is 6.07 Å². The van der Waals surface area contributed by atoms with Crippen LogP contribution in [-0.4, -0.2) is 19.6 Å². The van der Waals surface area contributed by atoms with Crippen LogP contribution in [0.2, 0.25) is 0 Å². The van der Waals surface area contributed by atoms with Crippen molar-refractivity contribution in [2.45, 2.75) is 6.92 Å². The predicted octanol–water partition coefficient (Wildman–Crippen LogP) is 2.02. The normalized spacial score (nSPS) is 9.38. The third-order valence-corrected chi connectivity index (χ3v) is 1.79. The Morgan fingerprint density at radius 2 is 2.38 bits per heavy atom. The van der Waals surface area contributed by atoms with Gasteiger partial charge in [0, 0.05) is 6.92 Å². The van der Waals surface area contributed by atoms with Crippen molar-refractivity contribution in [2.75, 3.05) is 19.0 Å². The van der Waals surface area contributed by atoms with E-state index in [0.717, 1.165) is 0 Å². The number of hydrogen-bond donors (Lipinski definition) is 1. The molecule has 1 aromatic carbocycles. The lowest BCUT2D eigenvalue weighted by Crippen LogP contribution is -2.08. The highest BCUT2D eigenvalue weighted by molar-refractivity contribution is 5.91. The molecule has 1 amide bonds. The molecule has 1 radical (unpaired) electrons. The van der Waals surface area contributed by atoms with E-state index < -0.39 is 0 Å². The van der Waals surface area contributed by atoms with E-state index in [9.17, 15) is 4.79 Å². The Morgan fingerprint density at radius 1 is 1.62 bits per heavy atom. The van der Waals surface area contributed by atoms with Gasteiger partial charge in [0.15, 0.2) is 11.5 Å². The van der Waals surface area contributed by atoms with Crippen molar-refractivity contribution >= 4 is 11.6 Å². The molecule has 1 N–H and O–H groups in total. The third-order valence-electron chi connectivity index (χ3n) is 1.79. The average molecular weight is 220 g/mol. The zero-order valence-corrected chi connectivity index (χ0v) is 9.37. The van der Waals surface area contributed by atoms with Gasteiger partial charge in [-0.05, 0) is 18.2 Å². The van der Waals surface area contributed by atoms with Gasteiger partial charge in [-0.15, -0.1) is 0 Å². The second-order valence-corrected chi connectivity index (χ2v) is 3.05. The number of anilines is 1. The minimum Gasteiger partial charge on any atom is -0.493 e. The standard InChI is InChI=1S/C12H14NO3/c1-4-8-16-12-10(13-9(2)14)6-5-7-11(12)15-3/h4,6-7H,1,8H2,2-3H3,(H,13,14). The number of hydrogen-bond acceptors (Lipinski definition) is 3. The number of ether oxygens (including phenoxy) is 2. The summed E-state index contributed by atoms with van der Waals surface area (Å²) in [7, 11) is 1.53. The van der Waals surface area contributed by atoms with Crippen LogP contribution in [0.4, 0.5) is 5.69 Å². The summed E-state index contributed by atoms with van der Waals surface area (Å²) in [5.74, 6) is 0.828. The monoisotopic (exact) mass is 220 g/mol. The molecular formula is C12H14NO3. The first kappa shape index (κ1) is 12.1. The Kier molecular flexibility index (Phi) is 4.39. The highest BCUT2D eigenvalue weighted by atomic mass is 16.5. The van der Waals surface area contributed by atoms with Crippen LogP contribution >= 0.6 is 0 Å². The number of benzene rings is 1. The summed E-state index contributed by atoms with van der Waals surface area (Å²) in [6, 6.07) is 6.13. The maximum atomic E-state index is 11.0. The van der Waals surface area contributed by atoms with Gasteiger partial charge in [-0.25, -0.2) is 0 Å². The molecule has 0 fully saturated rings. The van der Waals surface area contributed by atoms with E-state index in [1.165, 1.54) is 14.0 Å². The number of methoxy groups -OCH3 is 1. The van der Waals surface area contributed by atoms with Crippen LogP contribution in [0.3, 0.4) is 0 Å². The molecule has 0 aliphatic carbocycles. The molecule has 0 aliphatic heterocycles. The van der Waals surface area contributed by atoms with Gasteiger partial charge in [0.1, 0.15) is 6.61 Å². The molecule has 85 valence electrons. The summed E-state index contributed by atoms with van der Waals surface area (Å²) in [4.78, 5) is 11.0. The van der Waals surface area contributed by atoms with Crippen molar-refractivity contribution in [3.8, 4) is 11.5 Å². The highest BCUT2D eigenvalue weighted by Gasteiger charge is 2.10. The van der Waals surface area contributed by atoms with Crippen LogP contribution in [0.25, 0.3) is 0 Å². The quantitative estimate of drug-likeness (QED) is 0.772. The zero-order valence-electron chi connectivity index (χ0n) is 9.37. The van der Waals surface area contributed by atoms with Gasteiger partial charge < -0.3 is 14.8 Å². The number of carbonyl (C=O) groups excluding carboxylic acids is 1. The van der Waals surface area contributed by atoms with Crippen LogP contribution in [0.1, 0.15) is 6.92 Å². The van der Waals surface area contributed by atoms with Gasteiger partial charge in [0.2, 0.25) is 5.91 Å². The minimum atomic E-state index is -0.176. The minimum absolute atomic E-state index is 0.176. The van der Waals surface area contributed by atoms with Crippen LogP contribution in [0.15, 0.2) is 24.8 Å². The fourth-order valence-corrected chi connectivity index (χ4v) is 1.19. The van der Waals surface area contributed by atoms with E-state index >= 15 is 0 Å². The van der Waals surface area contributed by atoms with Crippen molar-refractivity contribution in [1.29, 1.82) is 0 Å². The first-order valence-corrected chi connectivity index (χ1v) is 4.78. The van der Waals surface area contributed by atoms with E-state index in [-0.39, 0.29) is 5.91 Å². The molecule has 0 aromatic heterocycles. The molecule has 1 aromatic rings. The first-order valence-electron chi connectivity index (χ1n) is 4.78. The van der Waals surface area contributed by atoms with Crippen molar-refractivity contribution in [1.82, 2.24) is 0 Å². The second kappa shape index (κ2) is 5.80. The van der Waals surface area contributed by atoms with Gasteiger partial charge in [-0.3, -0.25) is 4.79 Å². The molecule has 0 spiro atoms. The fraction of sp³-hybridized carbons (Fsp3) is 0.250. The van der Waals surface area contributed by atoms with Gasteiger partial charge >= 0.3 is 0 Å². The van der Waals surface area contributed by atoms with E-state index in [1.54, 1.807) is 18.2 Å². The Balaban J connectivity index is 3.03. The first-order chi connectivity index (χ1) is 7.69. The molecule has 4 nitrogen and oxygen atoms in total. The van der Waals surface area contributed by atoms with E-state index in [2.05, 4.69) is 18.0 Å². The topological polar surface area (TPSA) is 47.6 Å². The van der Waals surface area contributed by atoms with Gasteiger partial charge in [-0.2, -0.15) is 0 Å². The molecule has 0 bridgehead atoms. The molecule has 4 heteroatoms. The highest BCUT2D eigenvalue weighted by Crippen LogP contribution is 2.34. The maximum absolute atomic E-state index is 11.0. The molecule has 0 saturated carbocycles. The largest absolute Gasteiger partial charge is 0.493 e. The van der Waals surface area contributed by atoms with E-state index in [0.29, 0.717) is 23.8 Å². The zero-order chi connectivity index (χ0) is 12.0. The molecule has 0 heterocycles. The molecule has 16 heavy (non-hydrogen) atoms. The second-order valence-electron chi connectivity index (χ2n) is 3.05. The lowest BCUT2D eigenvalue weighted by molar-refractivity contribution is -0.114. The number of nitrogens with one attached hydrogen (secondary N) is 1. The molecular weight excluding hydrogens is 206 g/mol. The molecule has 1 rings (SSSR count). The average Bonchev–Trinajstić information content (AvgIpc) is 2.26. The molecule has 0 aliphatic rings. The summed E-state index contributed by atoms with van der Waals surface area (Å²) in [6.45, 7) is 5.33. The Morgan fingerprint density at radius 3 is 2.94 bits per heavy atom. The van der Waals surface area contributed by atoms with E-state index in [1.807, 2.05) is 0 Å². The van der Waals surface area contributed by atoms with Gasteiger partial charge in [0.05, 0.1) is 12.8 Å². The Hall–Kier alpha value is -1.97. The van der Waals surface area contributed by atoms with Gasteiger partial charge in [-0.1, -0.05) is 12.7 Å². The van der Waals surface area contributed by atoms with Crippen molar-refractivity contribution in [2.24, 2.45) is 0 Å². The van der Waals surface area contributed by atoms with Crippen LogP contribution in [0.5, 0.6) is 11.5 Å². The fourth-order valence-electron chi connectivity index (χ4n) is 1.19. The maximum Gasteiger partial charge on any atom is 0.221 e. The summed E-state index contributed by atoms with van der Waals surface area (Å²) in [5, 5.41) is 2.65. The van der Waals surface area contributed by atoms with Crippen molar-refractivity contribution in [3.05, 3.63) is 30.9 Å². The van der Waals surface area contributed by atoms with E-state index in [4.69, 9.17) is 9.47 Å². The lowest BCUT2D eigenvalue weighted by Gasteiger charge is -2.13. The third kappa shape index (κ3) is 3.02. The summed E-state index contributed by atoms with van der Waals surface area (Å²) in [6.07, 6.45) is 1.62. The number of rotatable bonds is 5. The molecule has 0 atom stereocenters. The smallest absolute Gasteiger partial charge is 0.221 e. The predicted molar refractivity (Wildman–Crippen MR) is 61.8 cm³/mol.